The van der Waals surface area contributed by atoms with Crippen LogP contribution in [-0.4, -0.2) is 19.5 Å². The third-order valence-corrected chi connectivity index (χ3v) is 2.46. The van der Waals surface area contributed by atoms with Gasteiger partial charge in [0.1, 0.15) is 11.3 Å². The predicted octanol–water partition coefficient (Wildman–Crippen LogP) is 0.385. The molecule has 0 atom stereocenters. The van der Waals surface area contributed by atoms with Gasteiger partial charge >= 0.3 is 5.69 Å². The second-order valence-electron chi connectivity index (χ2n) is 3.65. The molecule has 2 aromatic rings. The van der Waals surface area contributed by atoms with Gasteiger partial charge in [-0.2, -0.15) is 0 Å². The molecule has 86 valence electrons. The quantitative estimate of drug-likeness (QED) is 0.787. The Morgan fingerprint density at radius 2 is 2.00 bits per heavy atom. The Hall–Kier alpha value is -1.85. The zero-order valence-corrected chi connectivity index (χ0v) is 9.33. The first-order valence-electron chi connectivity index (χ1n) is 5.39. The third-order valence-electron chi connectivity index (χ3n) is 2.46. The molecule has 0 radical (unpaired) electrons. The number of aromatic amines is 2. The van der Waals surface area contributed by atoms with Crippen molar-refractivity contribution in [3.63, 3.8) is 0 Å². The minimum Gasteiger partial charge on any atom is -0.336 e. The standard InChI is InChI=1S/C10H14N4O2/c1-3-5-14-8-7(9(15)13-10(14)16)11-6(4-2)12-8/h3-5H2,1-2H3,(H,11,12)(H,13,15,16). The van der Waals surface area contributed by atoms with Gasteiger partial charge in [-0.25, -0.2) is 9.78 Å². The Morgan fingerprint density at radius 3 is 2.62 bits per heavy atom. The van der Waals surface area contributed by atoms with Gasteiger partial charge in [0.15, 0.2) is 5.65 Å². The number of rotatable bonds is 3. The fourth-order valence-electron chi connectivity index (χ4n) is 1.69. The molecule has 0 amide bonds. The summed E-state index contributed by atoms with van der Waals surface area (Å²) in [5.41, 5.74) is 0.0328. The second-order valence-corrected chi connectivity index (χ2v) is 3.65. The van der Waals surface area contributed by atoms with Gasteiger partial charge in [-0.05, 0) is 6.42 Å². The minimum atomic E-state index is -0.403. The Kier molecular flexibility index (Phi) is 2.64. The van der Waals surface area contributed by atoms with Crippen molar-refractivity contribution in [2.75, 3.05) is 0 Å². The van der Waals surface area contributed by atoms with Crippen LogP contribution < -0.4 is 11.2 Å². The molecule has 2 rings (SSSR count). The van der Waals surface area contributed by atoms with Gasteiger partial charge < -0.3 is 4.98 Å². The highest BCUT2D eigenvalue weighted by Crippen LogP contribution is 2.05. The summed E-state index contributed by atoms with van der Waals surface area (Å²) in [6, 6.07) is 0. The molecule has 0 spiro atoms. The maximum absolute atomic E-state index is 11.6. The van der Waals surface area contributed by atoms with Gasteiger partial charge in [0.2, 0.25) is 0 Å². The maximum Gasteiger partial charge on any atom is 0.330 e. The van der Waals surface area contributed by atoms with Crippen LogP contribution in [0.5, 0.6) is 0 Å². The van der Waals surface area contributed by atoms with E-state index in [1.165, 1.54) is 4.57 Å². The molecular weight excluding hydrogens is 208 g/mol. The topological polar surface area (TPSA) is 83.5 Å². The summed E-state index contributed by atoms with van der Waals surface area (Å²) < 4.78 is 1.49. The first-order valence-corrected chi connectivity index (χ1v) is 5.39. The van der Waals surface area contributed by atoms with Crippen LogP contribution in [0.25, 0.3) is 11.2 Å². The maximum atomic E-state index is 11.6. The molecule has 0 saturated carbocycles. The molecule has 0 aliphatic heterocycles. The molecule has 6 heteroatoms. The van der Waals surface area contributed by atoms with Crippen molar-refractivity contribution in [1.29, 1.82) is 0 Å². The van der Waals surface area contributed by atoms with Gasteiger partial charge in [0.25, 0.3) is 5.56 Å². The summed E-state index contributed by atoms with van der Waals surface area (Å²) in [7, 11) is 0. The summed E-state index contributed by atoms with van der Waals surface area (Å²) in [4.78, 5) is 32.6. The summed E-state index contributed by atoms with van der Waals surface area (Å²) in [5, 5.41) is 0. The second kappa shape index (κ2) is 3.96. The summed E-state index contributed by atoms with van der Waals surface area (Å²) in [6.45, 7) is 4.46. The number of aromatic nitrogens is 4. The normalized spacial score (nSPS) is 11.1. The molecular formula is C10H14N4O2. The van der Waals surface area contributed by atoms with Gasteiger partial charge in [-0.15, -0.1) is 0 Å². The van der Waals surface area contributed by atoms with Crippen LogP contribution in [0.4, 0.5) is 0 Å². The van der Waals surface area contributed by atoms with Crippen molar-refractivity contribution < 1.29 is 0 Å². The zero-order valence-electron chi connectivity index (χ0n) is 9.33. The lowest BCUT2D eigenvalue weighted by atomic mass is 10.4. The van der Waals surface area contributed by atoms with Gasteiger partial charge in [-0.1, -0.05) is 13.8 Å². The molecule has 0 aliphatic carbocycles. The van der Waals surface area contributed by atoms with Crippen LogP contribution in [0.1, 0.15) is 26.1 Å². The monoisotopic (exact) mass is 222 g/mol. The Balaban J connectivity index is 2.82. The van der Waals surface area contributed by atoms with E-state index in [0.29, 0.717) is 24.1 Å². The van der Waals surface area contributed by atoms with Crippen molar-refractivity contribution in [2.45, 2.75) is 33.2 Å². The van der Waals surface area contributed by atoms with Crippen LogP contribution in [0.2, 0.25) is 0 Å². The minimum absolute atomic E-state index is 0.380. The summed E-state index contributed by atoms with van der Waals surface area (Å²) in [5.74, 6) is 0.718. The average molecular weight is 222 g/mol. The van der Waals surface area contributed by atoms with Crippen LogP contribution >= 0.6 is 0 Å². The lowest BCUT2D eigenvalue weighted by molar-refractivity contribution is 0.652. The van der Waals surface area contributed by atoms with E-state index in [1.807, 2.05) is 13.8 Å². The molecule has 16 heavy (non-hydrogen) atoms. The van der Waals surface area contributed by atoms with E-state index >= 15 is 0 Å². The van der Waals surface area contributed by atoms with Crippen molar-refractivity contribution in [2.24, 2.45) is 0 Å². The fourth-order valence-corrected chi connectivity index (χ4v) is 1.69. The highest BCUT2D eigenvalue weighted by Gasteiger charge is 2.11. The first-order chi connectivity index (χ1) is 7.67. The van der Waals surface area contributed by atoms with Crippen LogP contribution in [0.15, 0.2) is 9.59 Å². The number of hydrogen-bond donors (Lipinski definition) is 2. The number of nitrogens with one attached hydrogen (secondary N) is 2. The molecule has 2 N–H and O–H groups in total. The Bertz CT molecular complexity index is 620. The number of hydrogen-bond acceptors (Lipinski definition) is 3. The van der Waals surface area contributed by atoms with E-state index < -0.39 is 11.2 Å². The molecule has 2 aromatic heterocycles. The Labute approximate surface area is 91.3 Å². The number of nitrogens with zero attached hydrogens (tertiary/aromatic N) is 2. The number of fused-ring (bicyclic) bond motifs is 1. The van der Waals surface area contributed by atoms with Crippen molar-refractivity contribution >= 4 is 11.2 Å². The van der Waals surface area contributed by atoms with Crippen molar-refractivity contribution in [3.8, 4) is 0 Å². The third kappa shape index (κ3) is 1.56. The van der Waals surface area contributed by atoms with Crippen molar-refractivity contribution in [1.82, 2.24) is 19.5 Å². The van der Waals surface area contributed by atoms with Crippen LogP contribution in [-0.2, 0) is 13.0 Å². The van der Waals surface area contributed by atoms with E-state index in [9.17, 15) is 9.59 Å². The van der Waals surface area contributed by atoms with Crippen LogP contribution in [0.3, 0.4) is 0 Å². The number of H-pyrrole nitrogens is 2. The molecule has 6 nitrogen and oxygen atoms in total. The van der Waals surface area contributed by atoms with Crippen LogP contribution in [0, 0.1) is 0 Å². The smallest absolute Gasteiger partial charge is 0.330 e. The van der Waals surface area contributed by atoms with E-state index in [1.54, 1.807) is 0 Å². The highest BCUT2D eigenvalue weighted by atomic mass is 16.2. The van der Waals surface area contributed by atoms with E-state index in [-0.39, 0.29) is 0 Å². The van der Waals surface area contributed by atoms with E-state index in [0.717, 1.165) is 12.2 Å². The van der Waals surface area contributed by atoms with Gasteiger partial charge in [0, 0.05) is 13.0 Å². The van der Waals surface area contributed by atoms with Crippen molar-refractivity contribution in [3.05, 3.63) is 26.7 Å². The predicted molar refractivity (Wildman–Crippen MR) is 60.6 cm³/mol. The zero-order chi connectivity index (χ0) is 11.7. The Morgan fingerprint density at radius 1 is 1.25 bits per heavy atom. The van der Waals surface area contributed by atoms with E-state index in [2.05, 4.69) is 15.0 Å². The molecule has 0 aromatic carbocycles. The summed E-state index contributed by atoms with van der Waals surface area (Å²) in [6.07, 6.45) is 1.52. The molecule has 2 heterocycles. The summed E-state index contributed by atoms with van der Waals surface area (Å²) >= 11 is 0. The largest absolute Gasteiger partial charge is 0.336 e. The highest BCUT2D eigenvalue weighted by molar-refractivity contribution is 5.69. The molecule has 0 fully saturated rings. The first kappa shape index (κ1) is 10.7. The lowest BCUT2D eigenvalue weighted by Gasteiger charge is -2.02. The SMILES string of the molecule is CCCn1c(=O)[nH]c(=O)c2[nH]c(CC)nc21. The van der Waals surface area contributed by atoms with Gasteiger partial charge in [0.05, 0.1) is 0 Å². The number of imidazole rings is 1. The average Bonchev–Trinajstić information content (AvgIpc) is 2.68. The number of aryl methyl sites for hydroxylation is 2. The van der Waals surface area contributed by atoms with Gasteiger partial charge in [-0.3, -0.25) is 14.3 Å². The molecule has 0 unspecified atom stereocenters. The molecule has 0 aliphatic rings. The molecule has 0 saturated heterocycles. The lowest BCUT2D eigenvalue weighted by Crippen LogP contribution is -2.30. The van der Waals surface area contributed by atoms with E-state index in [4.69, 9.17) is 0 Å². The fraction of sp³-hybridized carbons (Fsp3) is 0.500. The molecule has 0 bridgehead atoms.